The molecule has 0 aliphatic rings. The number of rotatable bonds is 7. The molecule has 8 heteroatoms. The van der Waals surface area contributed by atoms with Crippen molar-refractivity contribution >= 4 is 29.3 Å². The molecule has 0 aliphatic carbocycles. The third-order valence-electron chi connectivity index (χ3n) is 4.47. The van der Waals surface area contributed by atoms with Crippen LogP contribution in [0, 0.1) is 20.8 Å². The lowest BCUT2D eigenvalue weighted by Gasteiger charge is -2.18. The van der Waals surface area contributed by atoms with Gasteiger partial charge in [-0.3, -0.25) is 9.59 Å². The lowest BCUT2D eigenvalue weighted by atomic mass is 10.0. The van der Waals surface area contributed by atoms with E-state index in [9.17, 15) is 9.59 Å². The molecule has 8 nitrogen and oxygen atoms in total. The number of nitrogens with two attached hydrogens (primary N) is 2. The first kappa shape index (κ1) is 20.8. The maximum atomic E-state index is 12.1. The van der Waals surface area contributed by atoms with Crippen LogP contribution < -0.4 is 22.1 Å². The first-order chi connectivity index (χ1) is 14.2. The fourth-order valence-corrected chi connectivity index (χ4v) is 3.21. The van der Waals surface area contributed by atoms with Crippen molar-refractivity contribution in [2.24, 2.45) is 11.5 Å². The first-order valence-corrected chi connectivity index (χ1v) is 9.37. The third-order valence-corrected chi connectivity index (χ3v) is 4.47. The number of carbonyl (C=O) groups excluding carboxylic acids is 2. The van der Waals surface area contributed by atoms with Gasteiger partial charge in [-0.25, -0.2) is 4.98 Å². The number of primary amides is 2. The molecular formula is C22H24N6O2. The van der Waals surface area contributed by atoms with Crippen LogP contribution in [0.4, 0.5) is 17.5 Å². The Morgan fingerprint density at radius 2 is 1.67 bits per heavy atom. The topological polar surface area (TPSA) is 136 Å². The number of carbonyl (C=O) groups is 2. The van der Waals surface area contributed by atoms with E-state index in [-0.39, 0.29) is 17.3 Å². The summed E-state index contributed by atoms with van der Waals surface area (Å²) in [5, 5.41) is 6.07. The molecule has 0 radical (unpaired) electrons. The van der Waals surface area contributed by atoms with Crippen LogP contribution in [0.25, 0.3) is 0 Å². The zero-order chi connectivity index (χ0) is 21.8. The van der Waals surface area contributed by atoms with E-state index in [1.54, 1.807) is 6.07 Å². The van der Waals surface area contributed by atoms with Crippen LogP contribution in [0.5, 0.6) is 0 Å². The summed E-state index contributed by atoms with van der Waals surface area (Å²) in [6.07, 6.45) is 1.32. The van der Waals surface area contributed by atoms with Crippen molar-refractivity contribution in [3.05, 3.63) is 76.5 Å². The summed E-state index contributed by atoms with van der Waals surface area (Å²) in [4.78, 5) is 32.4. The quantitative estimate of drug-likeness (QED) is 0.478. The highest BCUT2D eigenvalue weighted by molar-refractivity contribution is 5.98. The molecule has 1 atom stereocenters. The number of nitrogens with zero attached hydrogens (tertiary/aromatic N) is 2. The van der Waals surface area contributed by atoms with Crippen LogP contribution in [0.1, 0.15) is 38.7 Å². The van der Waals surface area contributed by atoms with Crippen molar-refractivity contribution in [3.8, 4) is 0 Å². The molecule has 2 aromatic carbocycles. The molecule has 0 saturated heterocycles. The molecule has 6 N–H and O–H groups in total. The first-order valence-electron chi connectivity index (χ1n) is 9.37. The molecule has 0 fully saturated rings. The SMILES string of the molecule is Cc1cc(C)cc(Nc2nc(NC(C(N)=O)c3cccc(C)c3)ncc2C(N)=O)c1. The average molecular weight is 404 g/mol. The summed E-state index contributed by atoms with van der Waals surface area (Å²) in [7, 11) is 0. The Labute approximate surface area is 174 Å². The minimum Gasteiger partial charge on any atom is -0.368 e. The van der Waals surface area contributed by atoms with Crippen LogP contribution in [0.2, 0.25) is 0 Å². The summed E-state index contributed by atoms with van der Waals surface area (Å²) in [6.45, 7) is 5.87. The van der Waals surface area contributed by atoms with Gasteiger partial charge in [-0.05, 0) is 49.6 Å². The zero-order valence-electron chi connectivity index (χ0n) is 17.1. The summed E-state index contributed by atoms with van der Waals surface area (Å²) < 4.78 is 0. The standard InChI is InChI=1S/C22H24N6O2/c1-12-5-4-6-15(8-12)18(20(24)30)27-22-25-11-17(19(23)29)21(28-22)26-16-9-13(2)7-14(3)10-16/h4-11,18H,1-3H3,(H2,23,29)(H2,24,30)(H2,25,26,27,28). The van der Waals surface area contributed by atoms with Crippen molar-refractivity contribution in [2.45, 2.75) is 26.8 Å². The van der Waals surface area contributed by atoms with Crippen LogP contribution in [-0.4, -0.2) is 21.8 Å². The number of aryl methyl sites for hydroxylation is 3. The Hall–Kier alpha value is -3.94. The molecule has 0 bridgehead atoms. The summed E-state index contributed by atoms with van der Waals surface area (Å²) in [5.41, 5.74) is 15.7. The molecule has 0 spiro atoms. The van der Waals surface area contributed by atoms with Crippen molar-refractivity contribution < 1.29 is 9.59 Å². The van der Waals surface area contributed by atoms with Crippen LogP contribution in [0.15, 0.2) is 48.7 Å². The molecule has 0 saturated carbocycles. The van der Waals surface area contributed by atoms with E-state index in [0.717, 1.165) is 22.4 Å². The minimum atomic E-state index is -0.835. The number of hydrogen-bond donors (Lipinski definition) is 4. The molecular weight excluding hydrogens is 380 g/mol. The van der Waals surface area contributed by atoms with Crippen molar-refractivity contribution in [1.82, 2.24) is 9.97 Å². The molecule has 30 heavy (non-hydrogen) atoms. The lowest BCUT2D eigenvalue weighted by Crippen LogP contribution is -2.28. The second-order valence-corrected chi connectivity index (χ2v) is 7.22. The van der Waals surface area contributed by atoms with Crippen LogP contribution >= 0.6 is 0 Å². The normalized spacial score (nSPS) is 11.6. The van der Waals surface area contributed by atoms with E-state index in [1.165, 1.54) is 6.20 Å². The Balaban J connectivity index is 1.96. The van der Waals surface area contributed by atoms with Gasteiger partial charge >= 0.3 is 0 Å². The Kier molecular flexibility index (Phi) is 5.96. The third kappa shape index (κ3) is 4.91. The fraction of sp³-hybridized carbons (Fsp3) is 0.182. The van der Waals surface area contributed by atoms with E-state index >= 15 is 0 Å². The largest absolute Gasteiger partial charge is 0.368 e. The Morgan fingerprint density at radius 1 is 0.967 bits per heavy atom. The fourth-order valence-electron chi connectivity index (χ4n) is 3.21. The predicted molar refractivity (Wildman–Crippen MR) is 116 cm³/mol. The zero-order valence-corrected chi connectivity index (χ0v) is 17.1. The molecule has 1 aromatic heterocycles. The molecule has 154 valence electrons. The maximum Gasteiger partial charge on any atom is 0.254 e. The second kappa shape index (κ2) is 8.60. The van der Waals surface area contributed by atoms with Crippen LogP contribution in [0.3, 0.4) is 0 Å². The van der Waals surface area contributed by atoms with Gasteiger partial charge in [0, 0.05) is 11.9 Å². The van der Waals surface area contributed by atoms with Gasteiger partial charge in [-0.15, -0.1) is 0 Å². The lowest BCUT2D eigenvalue weighted by molar-refractivity contribution is -0.118. The Morgan fingerprint density at radius 3 is 2.27 bits per heavy atom. The van der Waals surface area contributed by atoms with Gasteiger partial charge in [0.15, 0.2) is 0 Å². The summed E-state index contributed by atoms with van der Waals surface area (Å²) >= 11 is 0. The van der Waals surface area contributed by atoms with E-state index in [0.29, 0.717) is 5.56 Å². The molecule has 1 heterocycles. The molecule has 3 rings (SSSR count). The summed E-state index contributed by atoms with van der Waals surface area (Å²) in [5.74, 6) is -0.875. The van der Waals surface area contributed by atoms with Gasteiger partial charge in [-0.1, -0.05) is 35.9 Å². The van der Waals surface area contributed by atoms with Gasteiger partial charge in [0.05, 0.1) is 0 Å². The number of aromatic nitrogens is 2. The van der Waals surface area contributed by atoms with Crippen molar-refractivity contribution in [1.29, 1.82) is 0 Å². The highest BCUT2D eigenvalue weighted by atomic mass is 16.1. The Bertz CT molecular complexity index is 1090. The summed E-state index contributed by atoms with van der Waals surface area (Å²) in [6, 6.07) is 12.5. The highest BCUT2D eigenvalue weighted by Crippen LogP contribution is 2.24. The number of amides is 2. The van der Waals surface area contributed by atoms with E-state index < -0.39 is 17.9 Å². The average Bonchev–Trinajstić information content (AvgIpc) is 2.65. The van der Waals surface area contributed by atoms with Crippen molar-refractivity contribution in [2.75, 3.05) is 10.6 Å². The van der Waals surface area contributed by atoms with Gasteiger partial charge in [0.2, 0.25) is 11.9 Å². The monoisotopic (exact) mass is 404 g/mol. The van der Waals surface area contributed by atoms with Gasteiger partial charge in [0.25, 0.3) is 5.91 Å². The van der Waals surface area contributed by atoms with E-state index in [2.05, 4.69) is 20.6 Å². The minimum absolute atomic E-state index is 0.130. The molecule has 1 unspecified atom stereocenters. The molecule has 3 aromatic rings. The number of hydrogen-bond acceptors (Lipinski definition) is 6. The number of benzene rings is 2. The van der Waals surface area contributed by atoms with E-state index in [4.69, 9.17) is 11.5 Å². The van der Waals surface area contributed by atoms with Crippen molar-refractivity contribution in [3.63, 3.8) is 0 Å². The predicted octanol–water partition coefficient (Wildman–Crippen LogP) is 2.88. The second-order valence-electron chi connectivity index (χ2n) is 7.22. The van der Waals surface area contributed by atoms with Gasteiger partial charge in [-0.2, -0.15) is 4.98 Å². The number of nitrogens with one attached hydrogen (secondary N) is 2. The number of anilines is 3. The molecule has 0 aliphatic heterocycles. The molecule has 2 amide bonds. The highest BCUT2D eigenvalue weighted by Gasteiger charge is 2.20. The van der Waals surface area contributed by atoms with Gasteiger partial charge in [0.1, 0.15) is 17.4 Å². The smallest absolute Gasteiger partial charge is 0.254 e. The maximum absolute atomic E-state index is 12.1. The van der Waals surface area contributed by atoms with Gasteiger partial charge < -0.3 is 22.1 Å². The van der Waals surface area contributed by atoms with Crippen LogP contribution in [-0.2, 0) is 4.79 Å². The van der Waals surface area contributed by atoms with E-state index in [1.807, 2.05) is 57.2 Å².